The molecule has 21 heavy (non-hydrogen) atoms. The Morgan fingerprint density at radius 3 is 2.95 bits per heavy atom. The standard InChI is InChI=1S/C16H20N4O/c1-11-5-4-8-13(17-11)9-16(21)18-15-10-14(19-20-15)12-6-2-3-7-12/h4-5,8,10,12H,2-3,6-7,9H2,1H3,(H2,18,19,20,21). The number of aromatic nitrogens is 3. The van der Waals surface area contributed by atoms with Crippen LogP contribution in [0.4, 0.5) is 5.82 Å². The molecule has 0 saturated heterocycles. The Bertz CT molecular complexity index is 629. The minimum Gasteiger partial charge on any atom is -0.309 e. The number of nitrogens with zero attached hydrogens (tertiary/aromatic N) is 2. The summed E-state index contributed by atoms with van der Waals surface area (Å²) >= 11 is 0. The largest absolute Gasteiger partial charge is 0.309 e. The van der Waals surface area contributed by atoms with Gasteiger partial charge in [-0.3, -0.25) is 14.9 Å². The average molecular weight is 284 g/mol. The fourth-order valence-electron chi connectivity index (χ4n) is 2.90. The number of amides is 1. The molecule has 110 valence electrons. The van der Waals surface area contributed by atoms with Gasteiger partial charge in [-0.05, 0) is 31.9 Å². The van der Waals surface area contributed by atoms with Crippen LogP contribution in [-0.2, 0) is 11.2 Å². The predicted molar refractivity (Wildman–Crippen MR) is 81.1 cm³/mol. The van der Waals surface area contributed by atoms with Crippen LogP contribution in [0.2, 0.25) is 0 Å². The lowest BCUT2D eigenvalue weighted by molar-refractivity contribution is -0.115. The Kier molecular flexibility index (Phi) is 3.99. The molecule has 2 aromatic rings. The van der Waals surface area contributed by atoms with E-state index in [0.717, 1.165) is 17.1 Å². The highest BCUT2D eigenvalue weighted by Gasteiger charge is 2.19. The van der Waals surface area contributed by atoms with E-state index in [0.29, 0.717) is 11.7 Å². The number of H-pyrrole nitrogens is 1. The van der Waals surface area contributed by atoms with Crippen molar-refractivity contribution in [2.24, 2.45) is 0 Å². The molecular formula is C16H20N4O. The number of anilines is 1. The summed E-state index contributed by atoms with van der Waals surface area (Å²) < 4.78 is 0. The van der Waals surface area contributed by atoms with Crippen LogP contribution in [0.1, 0.15) is 48.7 Å². The fraction of sp³-hybridized carbons (Fsp3) is 0.438. The normalized spacial score (nSPS) is 15.3. The van der Waals surface area contributed by atoms with Gasteiger partial charge < -0.3 is 5.32 Å². The second kappa shape index (κ2) is 6.08. The van der Waals surface area contributed by atoms with Crippen molar-refractivity contribution in [3.05, 3.63) is 41.3 Å². The van der Waals surface area contributed by atoms with Gasteiger partial charge in [0.2, 0.25) is 5.91 Å². The van der Waals surface area contributed by atoms with Gasteiger partial charge in [-0.2, -0.15) is 5.10 Å². The molecule has 1 saturated carbocycles. The van der Waals surface area contributed by atoms with Crippen LogP contribution in [0, 0.1) is 6.92 Å². The Labute approximate surface area is 124 Å². The van der Waals surface area contributed by atoms with Crippen molar-refractivity contribution >= 4 is 11.7 Å². The van der Waals surface area contributed by atoms with E-state index in [1.165, 1.54) is 25.7 Å². The Balaban J connectivity index is 1.59. The lowest BCUT2D eigenvalue weighted by Crippen LogP contribution is -2.15. The van der Waals surface area contributed by atoms with Gasteiger partial charge in [-0.25, -0.2) is 0 Å². The van der Waals surface area contributed by atoms with Crippen LogP contribution in [-0.4, -0.2) is 21.1 Å². The topological polar surface area (TPSA) is 70.7 Å². The highest BCUT2D eigenvalue weighted by atomic mass is 16.1. The molecular weight excluding hydrogens is 264 g/mol. The molecule has 1 fully saturated rings. The minimum atomic E-state index is -0.0856. The van der Waals surface area contributed by atoms with E-state index < -0.39 is 0 Å². The molecule has 1 amide bonds. The molecule has 0 atom stereocenters. The van der Waals surface area contributed by atoms with Crippen LogP contribution in [0.15, 0.2) is 24.3 Å². The molecule has 5 nitrogen and oxygen atoms in total. The van der Waals surface area contributed by atoms with Crippen molar-refractivity contribution < 1.29 is 4.79 Å². The van der Waals surface area contributed by atoms with Crippen molar-refractivity contribution in [2.75, 3.05) is 5.32 Å². The van der Waals surface area contributed by atoms with Crippen molar-refractivity contribution in [3.63, 3.8) is 0 Å². The number of carbonyl (C=O) groups is 1. The van der Waals surface area contributed by atoms with Crippen LogP contribution in [0.5, 0.6) is 0 Å². The summed E-state index contributed by atoms with van der Waals surface area (Å²) in [4.78, 5) is 16.4. The van der Waals surface area contributed by atoms with Gasteiger partial charge in [0.1, 0.15) is 0 Å². The van der Waals surface area contributed by atoms with Gasteiger partial charge in [0.15, 0.2) is 5.82 Å². The molecule has 0 radical (unpaired) electrons. The average Bonchev–Trinajstić information content (AvgIpc) is 3.08. The molecule has 0 aromatic carbocycles. The van der Waals surface area contributed by atoms with Gasteiger partial charge >= 0.3 is 0 Å². The number of hydrogen-bond donors (Lipinski definition) is 2. The van der Waals surface area contributed by atoms with Gasteiger partial charge in [0.05, 0.1) is 6.42 Å². The maximum Gasteiger partial charge on any atom is 0.231 e. The summed E-state index contributed by atoms with van der Waals surface area (Å²) in [5.74, 6) is 1.09. The first kappa shape index (κ1) is 13.8. The predicted octanol–water partition coefficient (Wildman–Crippen LogP) is 2.95. The van der Waals surface area contributed by atoms with Crippen LogP contribution in [0.25, 0.3) is 0 Å². The third kappa shape index (κ3) is 3.48. The summed E-state index contributed by atoms with van der Waals surface area (Å²) in [6.07, 6.45) is 5.26. The third-order valence-electron chi connectivity index (χ3n) is 3.95. The zero-order valence-electron chi connectivity index (χ0n) is 12.2. The number of nitrogens with one attached hydrogen (secondary N) is 2. The SMILES string of the molecule is Cc1cccc(CC(=O)Nc2cc(C3CCCC3)[nH]n2)n1. The quantitative estimate of drug-likeness (QED) is 0.906. The van der Waals surface area contributed by atoms with E-state index in [1.807, 2.05) is 31.2 Å². The lowest BCUT2D eigenvalue weighted by Gasteiger charge is -2.04. The number of hydrogen-bond acceptors (Lipinski definition) is 3. The number of carbonyl (C=O) groups excluding carboxylic acids is 1. The monoisotopic (exact) mass is 284 g/mol. The van der Waals surface area contributed by atoms with Gasteiger partial charge in [-0.1, -0.05) is 18.9 Å². The van der Waals surface area contributed by atoms with E-state index in [9.17, 15) is 4.79 Å². The molecule has 3 rings (SSSR count). The lowest BCUT2D eigenvalue weighted by atomic mass is 10.0. The molecule has 1 aliphatic carbocycles. The van der Waals surface area contributed by atoms with E-state index in [4.69, 9.17) is 0 Å². The van der Waals surface area contributed by atoms with E-state index in [2.05, 4.69) is 20.5 Å². The maximum absolute atomic E-state index is 12.0. The van der Waals surface area contributed by atoms with Crippen molar-refractivity contribution in [3.8, 4) is 0 Å². The van der Waals surface area contributed by atoms with Gasteiger partial charge in [0, 0.05) is 29.1 Å². The third-order valence-corrected chi connectivity index (χ3v) is 3.95. The first-order valence-electron chi connectivity index (χ1n) is 7.48. The van der Waals surface area contributed by atoms with Crippen molar-refractivity contribution in [1.82, 2.24) is 15.2 Å². The highest BCUT2D eigenvalue weighted by Crippen LogP contribution is 2.33. The molecule has 0 bridgehead atoms. The molecule has 0 aliphatic heterocycles. The molecule has 2 N–H and O–H groups in total. The van der Waals surface area contributed by atoms with Crippen molar-refractivity contribution in [2.45, 2.75) is 44.9 Å². The van der Waals surface area contributed by atoms with E-state index in [-0.39, 0.29) is 12.3 Å². The molecule has 2 heterocycles. The highest BCUT2D eigenvalue weighted by molar-refractivity contribution is 5.91. The Morgan fingerprint density at radius 2 is 2.19 bits per heavy atom. The summed E-state index contributed by atoms with van der Waals surface area (Å²) in [6, 6.07) is 7.65. The van der Waals surface area contributed by atoms with Gasteiger partial charge in [-0.15, -0.1) is 0 Å². The van der Waals surface area contributed by atoms with E-state index >= 15 is 0 Å². The first-order chi connectivity index (χ1) is 10.2. The first-order valence-corrected chi connectivity index (χ1v) is 7.48. The molecule has 2 aromatic heterocycles. The smallest absolute Gasteiger partial charge is 0.231 e. The van der Waals surface area contributed by atoms with Gasteiger partial charge in [0.25, 0.3) is 0 Å². The second-order valence-corrected chi connectivity index (χ2v) is 5.69. The summed E-state index contributed by atoms with van der Waals surface area (Å²) in [6.45, 7) is 1.92. The number of rotatable bonds is 4. The second-order valence-electron chi connectivity index (χ2n) is 5.69. The zero-order valence-corrected chi connectivity index (χ0v) is 12.2. The molecule has 0 unspecified atom stereocenters. The van der Waals surface area contributed by atoms with Crippen LogP contribution >= 0.6 is 0 Å². The summed E-state index contributed by atoms with van der Waals surface area (Å²) in [5.41, 5.74) is 2.83. The number of aromatic amines is 1. The Hall–Kier alpha value is -2.17. The molecule has 1 aliphatic rings. The molecule has 0 spiro atoms. The number of aryl methyl sites for hydroxylation is 1. The summed E-state index contributed by atoms with van der Waals surface area (Å²) in [5, 5.41) is 10.1. The van der Waals surface area contributed by atoms with Crippen molar-refractivity contribution in [1.29, 1.82) is 0 Å². The number of pyridine rings is 1. The van der Waals surface area contributed by atoms with Crippen LogP contribution < -0.4 is 5.32 Å². The molecule has 5 heteroatoms. The summed E-state index contributed by atoms with van der Waals surface area (Å²) in [7, 11) is 0. The minimum absolute atomic E-state index is 0.0856. The maximum atomic E-state index is 12.0. The van der Waals surface area contributed by atoms with E-state index in [1.54, 1.807) is 0 Å². The zero-order chi connectivity index (χ0) is 14.7. The fourth-order valence-corrected chi connectivity index (χ4v) is 2.90. The van der Waals surface area contributed by atoms with Crippen LogP contribution in [0.3, 0.4) is 0 Å². The Morgan fingerprint density at radius 1 is 1.38 bits per heavy atom.